The molecule has 0 aliphatic heterocycles. The molecule has 30 heavy (non-hydrogen) atoms. The fourth-order valence-corrected chi connectivity index (χ4v) is 3.25. The number of hydrogen-bond donors (Lipinski definition) is 1. The molecular formula is C23H23N3O3S. The van der Waals surface area contributed by atoms with Crippen LogP contribution in [0.25, 0.3) is 6.08 Å². The quantitative estimate of drug-likeness (QED) is 0.575. The van der Waals surface area contributed by atoms with Gasteiger partial charge in [-0.25, -0.2) is 4.98 Å². The van der Waals surface area contributed by atoms with Crippen LogP contribution in [0.4, 0.5) is 5.69 Å². The van der Waals surface area contributed by atoms with E-state index >= 15 is 0 Å². The van der Waals surface area contributed by atoms with E-state index in [1.165, 1.54) is 11.0 Å². The number of carbonyl (C=O) groups excluding carboxylic acids is 2. The molecule has 0 aliphatic carbocycles. The van der Waals surface area contributed by atoms with Crippen LogP contribution in [0.5, 0.6) is 5.75 Å². The predicted octanol–water partition coefficient (Wildman–Crippen LogP) is 4.38. The molecule has 0 saturated heterocycles. The Labute approximate surface area is 179 Å². The number of aromatic nitrogens is 1. The van der Waals surface area contributed by atoms with E-state index in [2.05, 4.69) is 10.3 Å². The highest BCUT2D eigenvalue weighted by Crippen LogP contribution is 2.17. The van der Waals surface area contributed by atoms with Crippen LogP contribution in [0, 0.1) is 6.92 Å². The Morgan fingerprint density at radius 3 is 2.60 bits per heavy atom. The molecule has 0 bridgehead atoms. The largest absolute Gasteiger partial charge is 0.487 e. The van der Waals surface area contributed by atoms with Crippen molar-refractivity contribution in [3.05, 3.63) is 81.8 Å². The minimum absolute atomic E-state index is 0.0835. The third-order valence-electron chi connectivity index (χ3n) is 4.14. The van der Waals surface area contributed by atoms with Crippen molar-refractivity contribution < 1.29 is 14.3 Å². The molecule has 2 aromatic carbocycles. The van der Waals surface area contributed by atoms with Crippen LogP contribution in [0.3, 0.4) is 0 Å². The maximum atomic E-state index is 12.2. The summed E-state index contributed by atoms with van der Waals surface area (Å²) in [7, 11) is 3.39. The second-order valence-electron chi connectivity index (χ2n) is 6.82. The SMILES string of the molecule is Cc1nc(COc2cccc(/C=C/C(=O)Nc3ccc(C(=O)N(C)C)cc3)c2)cs1. The molecule has 0 unspecified atom stereocenters. The highest BCUT2D eigenvalue weighted by Gasteiger charge is 2.07. The molecule has 3 aromatic rings. The zero-order chi connectivity index (χ0) is 21.5. The zero-order valence-electron chi connectivity index (χ0n) is 17.1. The lowest BCUT2D eigenvalue weighted by Gasteiger charge is -2.10. The number of anilines is 1. The molecule has 0 saturated carbocycles. The number of hydrogen-bond acceptors (Lipinski definition) is 5. The van der Waals surface area contributed by atoms with Gasteiger partial charge in [0.25, 0.3) is 5.91 Å². The van der Waals surface area contributed by atoms with E-state index in [1.807, 2.05) is 36.6 Å². The van der Waals surface area contributed by atoms with E-state index in [-0.39, 0.29) is 11.8 Å². The Morgan fingerprint density at radius 2 is 1.93 bits per heavy atom. The fourth-order valence-electron chi connectivity index (χ4n) is 2.65. The summed E-state index contributed by atoms with van der Waals surface area (Å²) in [5.41, 5.74) is 2.94. The molecule has 0 spiro atoms. The minimum Gasteiger partial charge on any atom is -0.487 e. The van der Waals surface area contributed by atoms with Gasteiger partial charge in [-0.3, -0.25) is 9.59 Å². The number of carbonyl (C=O) groups is 2. The number of amides is 2. The summed E-state index contributed by atoms with van der Waals surface area (Å²) in [6, 6.07) is 14.3. The first kappa shape index (κ1) is 21.3. The molecular weight excluding hydrogens is 398 g/mol. The van der Waals surface area contributed by atoms with Gasteiger partial charge in [0.15, 0.2) is 0 Å². The molecule has 1 aromatic heterocycles. The van der Waals surface area contributed by atoms with Crippen molar-refractivity contribution in [2.75, 3.05) is 19.4 Å². The average Bonchev–Trinajstić information content (AvgIpc) is 3.16. The van der Waals surface area contributed by atoms with E-state index < -0.39 is 0 Å². The number of rotatable bonds is 7. The van der Waals surface area contributed by atoms with E-state index in [9.17, 15) is 9.59 Å². The van der Waals surface area contributed by atoms with Gasteiger partial charge in [0.1, 0.15) is 12.4 Å². The summed E-state index contributed by atoms with van der Waals surface area (Å²) < 4.78 is 5.77. The Hall–Kier alpha value is -3.45. The van der Waals surface area contributed by atoms with Crippen LogP contribution in [-0.2, 0) is 11.4 Å². The van der Waals surface area contributed by atoms with Gasteiger partial charge < -0.3 is 15.0 Å². The minimum atomic E-state index is -0.258. The van der Waals surface area contributed by atoms with Gasteiger partial charge in [0.05, 0.1) is 10.7 Å². The second-order valence-corrected chi connectivity index (χ2v) is 7.88. The average molecular weight is 422 g/mol. The number of ether oxygens (including phenoxy) is 1. The Morgan fingerprint density at radius 1 is 1.17 bits per heavy atom. The van der Waals surface area contributed by atoms with Crippen LogP contribution >= 0.6 is 11.3 Å². The Bertz CT molecular complexity index is 1060. The summed E-state index contributed by atoms with van der Waals surface area (Å²) in [6.45, 7) is 2.37. The van der Waals surface area contributed by atoms with Gasteiger partial charge in [-0.15, -0.1) is 11.3 Å². The van der Waals surface area contributed by atoms with E-state index in [1.54, 1.807) is 55.8 Å². The molecule has 0 aliphatic rings. The number of aryl methyl sites for hydroxylation is 1. The van der Waals surface area contributed by atoms with E-state index in [0.29, 0.717) is 23.6 Å². The van der Waals surface area contributed by atoms with Crippen molar-refractivity contribution in [1.29, 1.82) is 0 Å². The van der Waals surface area contributed by atoms with Gasteiger partial charge in [-0.1, -0.05) is 12.1 Å². The van der Waals surface area contributed by atoms with Crippen LogP contribution in [0.1, 0.15) is 26.6 Å². The summed E-state index contributed by atoms with van der Waals surface area (Å²) in [6.07, 6.45) is 3.18. The molecule has 154 valence electrons. The first-order chi connectivity index (χ1) is 14.4. The van der Waals surface area contributed by atoms with Gasteiger partial charge >= 0.3 is 0 Å². The smallest absolute Gasteiger partial charge is 0.253 e. The third-order valence-corrected chi connectivity index (χ3v) is 4.97. The van der Waals surface area contributed by atoms with Crippen molar-refractivity contribution in [2.24, 2.45) is 0 Å². The van der Waals surface area contributed by atoms with Crippen molar-refractivity contribution in [1.82, 2.24) is 9.88 Å². The maximum absolute atomic E-state index is 12.2. The fraction of sp³-hybridized carbons (Fsp3) is 0.174. The monoisotopic (exact) mass is 421 g/mol. The molecule has 0 atom stereocenters. The molecule has 6 nitrogen and oxygen atoms in total. The molecule has 0 fully saturated rings. The molecule has 3 rings (SSSR count). The Kier molecular flexibility index (Phi) is 6.98. The summed E-state index contributed by atoms with van der Waals surface area (Å²) in [5, 5.41) is 5.77. The lowest BCUT2D eigenvalue weighted by Crippen LogP contribution is -2.21. The van der Waals surface area contributed by atoms with Crippen LogP contribution in [0.2, 0.25) is 0 Å². The first-order valence-electron chi connectivity index (χ1n) is 9.35. The van der Waals surface area contributed by atoms with Crippen LogP contribution < -0.4 is 10.1 Å². The standard InChI is InChI=1S/C23H23N3O3S/c1-16-24-20(15-30-16)14-29-21-6-4-5-17(13-21)7-12-22(27)25-19-10-8-18(9-11-19)23(28)26(2)3/h4-13,15H,14H2,1-3H3,(H,25,27)/b12-7+. The predicted molar refractivity (Wildman–Crippen MR) is 120 cm³/mol. The molecule has 0 radical (unpaired) electrons. The second kappa shape index (κ2) is 9.84. The van der Waals surface area contributed by atoms with Crippen molar-refractivity contribution >= 4 is 34.9 Å². The highest BCUT2D eigenvalue weighted by molar-refractivity contribution is 7.09. The number of nitrogens with one attached hydrogen (secondary N) is 1. The topological polar surface area (TPSA) is 71.5 Å². The van der Waals surface area contributed by atoms with Crippen molar-refractivity contribution in [3.8, 4) is 5.75 Å². The van der Waals surface area contributed by atoms with E-state index in [0.717, 1.165) is 16.3 Å². The molecule has 1 N–H and O–H groups in total. The highest BCUT2D eigenvalue weighted by atomic mass is 32.1. The van der Waals surface area contributed by atoms with E-state index in [4.69, 9.17) is 4.74 Å². The van der Waals surface area contributed by atoms with Gasteiger partial charge in [0.2, 0.25) is 5.91 Å². The summed E-state index contributed by atoms with van der Waals surface area (Å²) in [4.78, 5) is 30.0. The normalized spacial score (nSPS) is 10.8. The molecule has 1 heterocycles. The number of benzene rings is 2. The maximum Gasteiger partial charge on any atom is 0.253 e. The third kappa shape index (κ3) is 6.02. The summed E-state index contributed by atoms with van der Waals surface area (Å²) >= 11 is 1.59. The van der Waals surface area contributed by atoms with Crippen molar-refractivity contribution in [3.63, 3.8) is 0 Å². The van der Waals surface area contributed by atoms with Crippen LogP contribution in [-0.4, -0.2) is 35.8 Å². The Balaban J connectivity index is 1.56. The van der Waals surface area contributed by atoms with Gasteiger partial charge in [-0.2, -0.15) is 0 Å². The lowest BCUT2D eigenvalue weighted by molar-refractivity contribution is -0.111. The van der Waals surface area contributed by atoms with Gasteiger partial charge in [-0.05, 0) is 55.0 Å². The number of nitrogens with zero attached hydrogens (tertiary/aromatic N) is 2. The lowest BCUT2D eigenvalue weighted by atomic mass is 10.2. The van der Waals surface area contributed by atoms with Crippen molar-refractivity contribution in [2.45, 2.75) is 13.5 Å². The van der Waals surface area contributed by atoms with Gasteiger partial charge in [0, 0.05) is 36.8 Å². The number of thiazole rings is 1. The first-order valence-corrected chi connectivity index (χ1v) is 10.2. The summed E-state index contributed by atoms with van der Waals surface area (Å²) in [5.74, 6) is 0.370. The zero-order valence-corrected chi connectivity index (χ0v) is 17.9. The molecule has 2 amide bonds. The molecule has 7 heteroatoms. The van der Waals surface area contributed by atoms with Crippen LogP contribution in [0.15, 0.2) is 60.0 Å².